The van der Waals surface area contributed by atoms with Gasteiger partial charge in [0.25, 0.3) is 5.91 Å². The highest BCUT2D eigenvalue weighted by atomic mass is 32.2. The molecule has 34 heavy (non-hydrogen) atoms. The summed E-state index contributed by atoms with van der Waals surface area (Å²) in [5, 5.41) is 2.86. The number of nitrogens with one attached hydrogen (secondary N) is 1. The van der Waals surface area contributed by atoms with Crippen molar-refractivity contribution in [2.24, 2.45) is 0 Å². The molecule has 0 aromatic heterocycles. The molecule has 0 spiro atoms. The summed E-state index contributed by atoms with van der Waals surface area (Å²) in [5.74, 6) is 1.18. The number of nitrogens with zero attached hydrogens (tertiary/aromatic N) is 1. The lowest BCUT2D eigenvalue weighted by Gasteiger charge is -2.24. The first-order valence-electron chi connectivity index (χ1n) is 11.8. The Morgan fingerprint density at radius 3 is 2.35 bits per heavy atom. The first-order chi connectivity index (χ1) is 16.6. The highest BCUT2D eigenvalue weighted by Crippen LogP contribution is 2.42. The molecule has 1 aliphatic rings. The molecular weight excluding hydrogens is 444 g/mol. The van der Waals surface area contributed by atoms with Gasteiger partial charge in [0, 0.05) is 16.9 Å². The molecule has 6 heteroatoms. The Morgan fingerprint density at radius 1 is 1.00 bits per heavy atom. The summed E-state index contributed by atoms with van der Waals surface area (Å²) >= 11 is 1.60. The van der Waals surface area contributed by atoms with Crippen LogP contribution in [-0.2, 0) is 11.2 Å². The highest BCUT2D eigenvalue weighted by Gasteiger charge is 2.34. The molecule has 1 fully saturated rings. The quantitative estimate of drug-likeness (QED) is 0.387. The van der Waals surface area contributed by atoms with Gasteiger partial charge in [-0.2, -0.15) is 0 Å². The van der Waals surface area contributed by atoms with Crippen molar-refractivity contribution in [3.63, 3.8) is 0 Å². The van der Waals surface area contributed by atoms with Crippen molar-refractivity contribution in [1.82, 2.24) is 0 Å². The highest BCUT2D eigenvalue weighted by molar-refractivity contribution is 8.00. The minimum Gasteiger partial charge on any atom is -0.494 e. The molecule has 4 rings (SSSR count). The van der Waals surface area contributed by atoms with E-state index < -0.39 is 0 Å². The normalized spacial score (nSPS) is 15.4. The predicted molar refractivity (Wildman–Crippen MR) is 140 cm³/mol. The molecule has 0 bridgehead atoms. The number of amides is 2. The zero-order chi connectivity index (χ0) is 23.9. The predicted octanol–water partition coefficient (Wildman–Crippen LogP) is 6.46. The van der Waals surface area contributed by atoms with E-state index in [4.69, 9.17) is 4.74 Å². The van der Waals surface area contributed by atoms with Crippen LogP contribution in [0, 0.1) is 0 Å². The largest absolute Gasteiger partial charge is 0.494 e. The zero-order valence-corrected chi connectivity index (χ0v) is 20.4. The molecule has 3 aromatic rings. The number of hydrogen-bond donors (Lipinski definition) is 1. The van der Waals surface area contributed by atoms with Crippen LogP contribution in [0.4, 0.5) is 11.4 Å². The number of rotatable bonds is 9. The minimum absolute atomic E-state index is 0.0823. The number of ether oxygens (including phenoxy) is 1. The summed E-state index contributed by atoms with van der Waals surface area (Å²) in [5.41, 5.74) is 4.49. The van der Waals surface area contributed by atoms with Gasteiger partial charge in [-0.1, -0.05) is 37.6 Å². The Kier molecular flexibility index (Phi) is 7.91. The molecule has 1 heterocycles. The first kappa shape index (κ1) is 23.9. The molecule has 0 aliphatic carbocycles. The average Bonchev–Trinajstić information content (AvgIpc) is 3.25. The number of anilines is 2. The van der Waals surface area contributed by atoms with Gasteiger partial charge in [-0.15, -0.1) is 11.8 Å². The van der Waals surface area contributed by atoms with Gasteiger partial charge in [0.05, 0.1) is 12.4 Å². The second kappa shape index (κ2) is 11.3. The van der Waals surface area contributed by atoms with E-state index in [2.05, 4.69) is 12.2 Å². The standard InChI is InChI=1S/C28H30N2O3S/c1-3-5-6-20-7-9-21(10-8-20)27(32)29-23-13-11-22(12-14-23)28-30(26(31)19-34-28)24-15-17-25(18-16-24)33-4-2/h7-18,28H,3-6,19H2,1-2H3,(H,29,32)/t28-/m0/s1. The summed E-state index contributed by atoms with van der Waals surface area (Å²) < 4.78 is 5.52. The van der Waals surface area contributed by atoms with Crippen molar-refractivity contribution in [2.75, 3.05) is 22.6 Å². The Labute approximate surface area is 205 Å². The van der Waals surface area contributed by atoms with E-state index in [0.29, 0.717) is 17.9 Å². The van der Waals surface area contributed by atoms with Gasteiger partial charge in [-0.3, -0.25) is 14.5 Å². The first-order valence-corrected chi connectivity index (χ1v) is 12.8. The molecule has 2 amide bonds. The molecule has 3 aromatic carbocycles. The van der Waals surface area contributed by atoms with E-state index in [0.717, 1.165) is 42.0 Å². The van der Waals surface area contributed by atoms with Crippen molar-refractivity contribution in [1.29, 1.82) is 0 Å². The second-order valence-electron chi connectivity index (χ2n) is 8.23. The third kappa shape index (κ3) is 5.62. The van der Waals surface area contributed by atoms with Crippen LogP contribution in [0.25, 0.3) is 0 Å². The van der Waals surface area contributed by atoms with Gasteiger partial charge in [0.15, 0.2) is 0 Å². The lowest BCUT2D eigenvalue weighted by atomic mass is 10.1. The molecule has 5 nitrogen and oxygen atoms in total. The smallest absolute Gasteiger partial charge is 0.255 e. The van der Waals surface area contributed by atoms with Crippen LogP contribution >= 0.6 is 11.8 Å². The van der Waals surface area contributed by atoms with Crippen molar-refractivity contribution in [2.45, 2.75) is 38.5 Å². The van der Waals surface area contributed by atoms with E-state index in [9.17, 15) is 9.59 Å². The van der Waals surface area contributed by atoms with E-state index in [1.54, 1.807) is 11.8 Å². The fourth-order valence-corrected chi connectivity index (χ4v) is 5.13. The summed E-state index contributed by atoms with van der Waals surface area (Å²) in [6, 6.07) is 23.2. The number of hydrogen-bond acceptors (Lipinski definition) is 4. The maximum absolute atomic E-state index is 12.7. The Bertz CT molecular complexity index is 1110. The average molecular weight is 475 g/mol. The van der Waals surface area contributed by atoms with Crippen LogP contribution in [0.3, 0.4) is 0 Å². The number of carbonyl (C=O) groups is 2. The molecule has 1 saturated heterocycles. The molecular formula is C28H30N2O3S. The third-order valence-electron chi connectivity index (χ3n) is 5.78. The Morgan fingerprint density at radius 2 is 1.71 bits per heavy atom. The van der Waals surface area contributed by atoms with Crippen LogP contribution in [0.2, 0.25) is 0 Å². The van der Waals surface area contributed by atoms with Gasteiger partial charge in [-0.25, -0.2) is 0 Å². The monoisotopic (exact) mass is 474 g/mol. The summed E-state index contributed by atoms with van der Waals surface area (Å²) in [7, 11) is 0. The van der Waals surface area contributed by atoms with Crippen molar-refractivity contribution >= 4 is 35.0 Å². The number of carbonyl (C=O) groups excluding carboxylic acids is 2. The van der Waals surface area contributed by atoms with Crippen LogP contribution in [0.1, 0.15) is 53.5 Å². The van der Waals surface area contributed by atoms with E-state index in [1.807, 2.05) is 84.6 Å². The van der Waals surface area contributed by atoms with E-state index >= 15 is 0 Å². The zero-order valence-electron chi connectivity index (χ0n) is 19.6. The molecule has 0 unspecified atom stereocenters. The Balaban J connectivity index is 1.43. The van der Waals surface area contributed by atoms with E-state index in [-0.39, 0.29) is 17.2 Å². The molecule has 1 atom stereocenters. The van der Waals surface area contributed by atoms with Gasteiger partial charge < -0.3 is 10.1 Å². The maximum Gasteiger partial charge on any atom is 0.255 e. The maximum atomic E-state index is 12.7. The third-order valence-corrected chi connectivity index (χ3v) is 6.99. The van der Waals surface area contributed by atoms with Gasteiger partial charge >= 0.3 is 0 Å². The SMILES string of the molecule is CCCCc1ccc(C(=O)Nc2ccc([C@@H]3SCC(=O)N3c3ccc(OCC)cc3)cc2)cc1. The Hall–Kier alpha value is -3.25. The van der Waals surface area contributed by atoms with Crippen LogP contribution in [0.15, 0.2) is 72.8 Å². The van der Waals surface area contributed by atoms with Gasteiger partial charge in [-0.05, 0) is 79.4 Å². The van der Waals surface area contributed by atoms with Crippen LogP contribution in [0.5, 0.6) is 5.75 Å². The number of benzene rings is 3. The van der Waals surface area contributed by atoms with Crippen molar-refractivity contribution in [3.05, 3.63) is 89.5 Å². The number of unbranched alkanes of at least 4 members (excludes halogenated alkanes) is 1. The fourth-order valence-electron chi connectivity index (χ4n) is 3.96. The number of aryl methyl sites for hydroxylation is 1. The molecule has 176 valence electrons. The fraction of sp³-hybridized carbons (Fsp3) is 0.286. The van der Waals surface area contributed by atoms with Crippen LogP contribution < -0.4 is 15.0 Å². The van der Waals surface area contributed by atoms with Gasteiger partial charge in [0.1, 0.15) is 11.1 Å². The minimum atomic E-state index is -0.128. The summed E-state index contributed by atoms with van der Waals surface area (Å²) in [6.45, 7) is 4.72. The molecule has 1 aliphatic heterocycles. The van der Waals surface area contributed by atoms with Gasteiger partial charge in [0.2, 0.25) is 5.91 Å². The van der Waals surface area contributed by atoms with Crippen molar-refractivity contribution in [3.8, 4) is 5.75 Å². The second-order valence-corrected chi connectivity index (χ2v) is 9.30. The summed E-state index contributed by atoms with van der Waals surface area (Å²) in [6.07, 6.45) is 3.34. The summed E-state index contributed by atoms with van der Waals surface area (Å²) in [4.78, 5) is 27.1. The van der Waals surface area contributed by atoms with Crippen molar-refractivity contribution < 1.29 is 14.3 Å². The molecule has 0 radical (unpaired) electrons. The lowest BCUT2D eigenvalue weighted by molar-refractivity contribution is -0.115. The molecule has 0 saturated carbocycles. The number of thioether (sulfide) groups is 1. The topological polar surface area (TPSA) is 58.6 Å². The van der Waals surface area contributed by atoms with Crippen LogP contribution in [-0.4, -0.2) is 24.2 Å². The molecule has 1 N–H and O–H groups in total. The lowest BCUT2D eigenvalue weighted by Crippen LogP contribution is -2.27. The van der Waals surface area contributed by atoms with E-state index in [1.165, 1.54) is 5.56 Å².